The van der Waals surface area contributed by atoms with Gasteiger partial charge in [0.15, 0.2) is 5.41 Å². The zero-order chi connectivity index (χ0) is 19.8. The molecular weight excluding hydrogens is 341 g/mol. The van der Waals surface area contributed by atoms with Gasteiger partial charge < -0.3 is 5.41 Å². The smallest absolute Gasteiger partial charge is 0.189 e. The van der Waals surface area contributed by atoms with E-state index in [2.05, 4.69) is 24.8 Å². The van der Waals surface area contributed by atoms with Gasteiger partial charge in [0.05, 0.1) is 23.9 Å². The van der Waals surface area contributed by atoms with Crippen LogP contribution >= 0.6 is 0 Å². The van der Waals surface area contributed by atoms with Crippen LogP contribution in [0.4, 0.5) is 4.39 Å². The number of nitriles is 3. The number of hydrogen-bond acceptors (Lipinski definition) is 5. The van der Waals surface area contributed by atoms with E-state index in [0.717, 1.165) is 5.57 Å². The lowest BCUT2D eigenvalue weighted by molar-refractivity contribution is 0.171. The maximum atomic E-state index is 13.5. The highest BCUT2D eigenvalue weighted by Crippen LogP contribution is 2.53. The van der Waals surface area contributed by atoms with Crippen LogP contribution in [0.1, 0.15) is 25.3 Å². The van der Waals surface area contributed by atoms with Crippen molar-refractivity contribution in [3.05, 3.63) is 47.3 Å². The van der Waals surface area contributed by atoms with Crippen LogP contribution in [0.5, 0.6) is 0 Å². The number of hydrogen-bond donors (Lipinski definition) is 1. The molecule has 5 nitrogen and oxygen atoms in total. The van der Waals surface area contributed by atoms with Crippen molar-refractivity contribution in [3.8, 4) is 18.2 Å². The van der Waals surface area contributed by atoms with Crippen LogP contribution in [0.25, 0.3) is 0 Å². The average Bonchev–Trinajstić information content (AvgIpc) is 2.67. The molecule has 0 radical (unpaired) electrons. The minimum atomic E-state index is -1.75. The van der Waals surface area contributed by atoms with Crippen molar-refractivity contribution in [1.29, 1.82) is 21.2 Å². The number of halogens is 1. The molecule has 27 heavy (non-hydrogen) atoms. The molecule has 1 fully saturated rings. The zero-order valence-corrected chi connectivity index (χ0v) is 15.3. The van der Waals surface area contributed by atoms with E-state index in [1.54, 1.807) is 12.1 Å². The summed E-state index contributed by atoms with van der Waals surface area (Å²) in [5.41, 5.74) is -0.484. The molecular formula is C21H20FN5. The molecule has 0 saturated heterocycles. The molecule has 2 aliphatic rings. The van der Waals surface area contributed by atoms with Crippen LogP contribution in [-0.2, 0) is 0 Å². The van der Waals surface area contributed by atoms with E-state index >= 15 is 0 Å². The molecule has 0 aromatic heterocycles. The summed E-state index contributed by atoms with van der Waals surface area (Å²) in [5.74, 6) is -2.16. The summed E-state index contributed by atoms with van der Waals surface area (Å²) >= 11 is 0. The summed E-state index contributed by atoms with van der Waals surface area (Å²) in [6.07, 6.45) is 1.96. The van der Waals surface area contributed by atoms with Crippen LogP contribution in [0.2, 0.25) is 0 Å². The minimum Gasteiger partial charge on any atom is -0.305 e. The summed E-state index contributed by atoms with van der Waals surface area (Å²) in [6, 6.07) is 12.3. The van der Waals surface area contributed by atoms with Gasteiger partial charge in [0.25, 0.3) is 0 Å². The van der Waals surface area contributed by atoms with Gasteiger partial charge in [-0.1, -0.05) is 18.2 Å². The normalized spacial score (nSPS) is 27.1. The fourth-order valence-electron chi connectivity index (χ4n) is 4.30. The Balaban J connectivity index is 2.23. The molecule has 1 aliphatic heterocycles. The van der Waals surface area contributed by atoms with Gasteiger partial charge in [-0.15, -0.1) is 0 Å². The Hall–Kier alpha value is -3.01. The summed E-state index contributed by atoms with van der Waals surface area (Å²) in [7, 11) is 0. The third-order valence-corrected chi connectivity index (χ3v) is 5.78. The lowest BCUT2D eigenvalue weighted by Gasteiger charge is -2.48. The van der Waals surface area contributed by atoms with Gasteiger partial charge in [-0.05, 0) is 37.1 Å². The van der Waals surface area contributed by atoms with E-state index in [-0.39, 0.29) is 17.7 Å². The summed E-state index contributed by atoms with van der Waals surface area (Å²) in [6.45, 7) is 5.39. The van der Waals surface area contributed by atoms with Crippen LogP contribution in [0.3, 0.4) is 0 Å². The van der Waals surface area contributed by atoms with E-state index in [1.165, 1.54) is 12.1 Å². The van der Waals surface area contributed by atoms with E-state index in [1.807, 2.05) is 18.2 Å². The molecule has 1 aliphatic carbocycles. The fraction of sp³-hybridized carbons (Fsp3) is 0.429. The molecule has 0 amide bonds. The summed E-state index contributed by atoms with van der Waals surface area (Å²) < 4.78 is 13.5. The standard InChI is InChI=1S/C21H20FN5/c1-13(2)27-8-7-16-17(9-23)20(26)21(11-24,12-25)19(18(16)10-27)14-3-5-15(22)6-4-14/h3-7,13,17-19,26H,8,10H2,1-2H3/t17?,18-,19-/m1/s1. The predicted octanol–water partition coefficient (Wildman–Crippen LogP) is 3.38. The van der Waals surface area contributed by atoms with E-state index in [9.17, 15) is 20.2 Å². The second-order valence-electron chi connectivity index (χ2n) is 7.39. The van der Waals surface area contributed by atoms with Crippen molar-refractivity contribution < 1.29 is 4.39 Å². The molecule has 0 bridgehead atoms. The molecule has 1 heterocycles. The summed E-state index contributed by atoms with van der Waals surface area (Å²) in [5, 5.41) is 38.1. The second-order valence-corrected chi connectivity index (χ2v) is 7.39. The van der Waals surface area contributed by atoms with Crippen molar-refractivity contribution in [1.82, 2.24) is 4.90 Å². The Labute approximate surface area is 158 Å². The monoisotopic (exact) mass is 361 g/mol. The van der Waals surface area contributed by atoms with Crippen molar-refractivity contribution in [2.75, 3.05) is 13.1 Å². The molecule has 136 valence electrons. The number of nitrogens with zero attached hydrogens (tertiary/aromatic N) is 4. The number of benzene rings is 1. The second kappa shape index (κ2) is 6.95. The molecule has 1 saturated carbocycles. The van der Waals surface area contributed by atoms with E-state index in [0.29, 0.717) is 18.7 Å². The highest BCUT2D eigenvalue weighted by Gasteiger charge is 2.57. The first-order chi connectivity index (χ1) is 12.9. The third kappa shape index (κ3) is 2.81. The molecule has 1 aromatic carbocycles. The first-order valence-corrected chi connectivity index (χ1v) is 8.90. The Morgan fingerprint density at radius 3 is 2.33 bits per heavy atom. The first-order valence-electron chi connectivity index (χ1n) is 8.90. The average molecular weight is 361 g/mol. The SMILES string of the molecule is CC(C)N1CC=C2C(C#N)C(=N)C(C#N)(C#N)[C@H](c3ccc(F)cc3)[C@@H]2C1. The highest BCUT2D eigenvalue weighted by molar-refractivity contribution is 6.00. The highest BCUT2D eigenvalue weighted by atomic mass is 19.1. The zero-order valence-electron chi connectivity index (χ0n) is 15.3. The Bertz CT molecular complexity index is 896. The summed E-state index contributed by atoms with van der Waals surface area (Å²) in [4.78, 5) is 2.22. The number of nitrogens with one attached hydrogen (secondary N) is 1. The lowest BCUT2D eigenvalue weighted by atomic mass is 9.54. The van der Waals surface area contributed by atoms with Crippen LogP contribution in [0, 0.1) is 62.5 Å². The molecule has 3 atom stereocenters. The Morgan fingerprint density at radius 1 is 1.19 bits per heavy atom. The Morgan fingerprint density at radius 2 is 1.81 bits per heavy atom. The Kier molecular flexibility index (Phi) is 4.83. The number of fused-ring (bicyclic) bond motifs is 1. The maximum Gasteiger partial charge on any atom is 0.189 e. The lowest BCUT2D eigenvalue weighted by Crippen LogP contribution is -2.53. The van der Waals surface area contributed by atoms with Crippen LogP contribution in [-0.4, -0.2) is 29.7 Å². The molecule has 6 heteroatoms. The van der Waals surface area contributed by atoms with Gasteiger partial charge in [-0.3, -0.25) is 4.90 Å². The van der Waals surface area contributed by atoms with E-state index < -0.39 is 23.1 Å². The molecule has 1 N–H and O–H groups in total. The van der Waals surface area contributed by atoms with Crippen LogP contribution in [0.15, 0.2) is 35.9 Å². The largest absolute Gasteiger partial charge is 0.305 e. The van der Waals surface area contributed by atoms with Gasteiger partial charge in [-0.25, -0.2) is 4.39 Å². The van der Waals surface area contributed by atoms with E-state index in [4.69, 9.17) is 5.41 Å². The number of rotatable bonds is 2. The molecule has 0 spiro atoms. The van der Waals surface area contributed by atoms with Crippen molar-refractivity contribution in [3.63, 3.8) is 0 Å². The third-order valence-electron chi connectivity index (χ3n) is 5.78. The first kappa shape index (κ1) is 18.8. The van der Waals surface area contributed by atoms with Crippen molar-refractivity contribution in [2.24, 2.45) is 17.3 Å². The van der Waals surface area contributed by atoms with Crippen LogP contribution < -0.4 is 0 Å². The van der Waals surface area contributed by atoms with Crippen molar-refractivity contribution in [2.45, 2.75) is 25.8 Å². The maximum absolute atomic E-state index is 13.5. The molecule has 3 rings (SSSR count). The molecule has 1 aromatic rings. The van der Waals surface area contributed by atoms with Crippen molar-refractivity contribution >= 4 is 5.71 Å². The van der Waals surface area contributed by atoms with Gasteiger partial charge in [0.1, 0.15) is 11.7 Å². The van der Waals surface area contributed by atoms with Gasteiger partial charge >= 0.3 is 0 Å². The minimum absolute atomic E-state index is 0.176. The van der Waals surface area contributed by atoms with Gasteiger partial charge in [0, 0.05) is 31.0 Å². The molecule has 1 unspecified atom stereocenters. The predicted molar refractivity (Wildman–Crippen MR) is 97.9 cm³/mol. The van der Waals surface area contributed by atoms with Gasteiger partial charge in [-0.2, -0.15) is 15.8 Å². The topological polar surface area (TPSA) is 98.5 Å². The fourth-order valence-corrected chi connectivity index (χ4v) is 4.30. The quantitative estimate of drug-likeness (QED) is 0.816. The van der Waals surface area contributed by atoms with Gasteiger partial charge in [0.2, 0.25) is 0 Å².